The summed E-state index contributed by atoms with van der Waals surface area (Å²) in [6.07, 6.45) is 5.70. The highest BCUT2D eigenvalue weighted by atomic mass is 15.3. The molecule has 4 aliphatic heterocycles. The summed E-state index contributed by atoms with van der Waals surface area (Å²) in [6.45, 7) is 29.3. The van der Waals surface area contributed by atoms with Gasteiger partial charge in [-0.25, -0.2) is 0 Å². The van der Waals surface area contributed by atoms with Gasteiger partial charge in [-0.05, 0) is 118 Å². The molecular formula is C26H52N4. The van der Waals surface area contributed by atoms with Gasteiger partial charge < -0.3 is 14.7 Å². The van der Waals surface area contributed by atoms with Crippen molar-refractivity contribution >= 4 is 0 Å². The van der Waals surface area contributed by atoms with Crippen LogP contribution in [0.15, 0.2) is 0 Å². The van der Waals surface area contributed by atoms with Crippen LogP contribution in [0.4, 0.5) is 0 Å². The summed E-state index contributed by atoms with van der Waals surface area (Å²) in [5.74, 6) is 0. The molecule has 0 N–H and O–H groups in total. The molecule has 0 amide bonds. The Bertz CT molecular complexity index is 501. The van der Waals surface area contributed by atoms with Gasteiger partial charge in [-0.3, -0.25) is 4.90 Å². The molecule has 4 nitrogen and oxygen atoms in total. The quantitative estimate of drug-likeness (QED) is 0.668. The van der Waals surface area contributed by atoms with Gasteiger partial charge in [0.25, 0.3) is 0 Å². The minimum absolute atomic E-state index is 0.647. The number of hydrogen-bond donors (Lipinski definition) is 0. The van der Waals surface area contributed by atoms with Crippen molar-refractivity contribution in [3.8, 4) is 0 Å². The van der Waals surface area contributed by atoms with E-state index in [4.69, 9.17) is 0 Å². The molecule has 2 spiro atoms. The predicted octanol–water partition coefficient (Wildman–Crippen LogP) is 4.40. The first-order chi connectivity index (χ1) is 14.0. The maximum atomic E-state index is 2.66. The second-order valence-electron chi connectivity index (χ2n) is 12.3. The maximum Gasteiger partial charge on any atom is 0.00541 e. The first kappa shape index (κ1) is 24.5. The summed E-state index contributed by atoms with van der Waals surface area (Å²) in [5, 5.41) is 0. The molecule has 4 heterocycles. The SMILES string of the molecule is CC(C)N1CCC2(CC1)CN(C(C)C)C2.CC(C)N1CCC2(CCN(C(C)C)C2)C1. The van der Waals surface area contributed by atoms with Crippen molar-refractivity contribution in [3.05, 3.63) is 0 Å². The van der Waals surface area contributed by atoms with Crippen LogP contribution in [0, 0.1) is 10.8 Å². The molecule has 0 atom stereocenters. The standard InChI is InChI=1S/2C13H26N2/c1-11(2)14-7-5-13(9-14)6-8-15(10-13)12(3)4;1-11(2)14-7-5-13(6-8-14)9-15(10-13)12(3)4/h2*11-12H,5-10H2,1-4H3. The van der Waals surface area contributed by atoms with Gasteiger partial charge in [-0.15, -0.1) is 0 Å². The van der Waals surface area contributed by atoms with Gasteiger partial charge >= 0.3 is 0 Å². The van der Waals surface area contributed by atoms with E-state index in [2.05, 4.69) is 75.0 Å². The molecule has 4 fully saturated rings. The molecular weight excluding hydrogens is 368 g/mol. The van der Waals surface area contributed by atoms with Gasteiger partial charge in [0, 0.05) is 50.3 Å². The number of rotatable bonds is 4. The smallest absolute Gasteiger partial charge is 0.00541 e. The van der Waals surface area contributed by atoms with Gasteiger partial charge in [0.05, 0.1) is 0 Å². The largest absolute Gasteiger partial charge is 0.301 e. The second-order valence-corrected chi connectivity index (χ2v) is 12.3. The van der Waals surface area contributed by atoms with Crippen LogP contribution in [0.25, 0.3) is 0 Å². The van der Waals surface area contributed by atoms with E-state index in [1.165, 1.54) is 78.0 Å². The molecule has 30 heavy (non-hydrogen) atoms. The molecule has 0 aromatic carbocycles. The van der Waals surface area contributed by atoms with Gasteiger partial charge in [-0.1, -0.05) is 0 Å². The Morgan fingerprint density at radius 1 is 0.400 bits per heavy atom. The summed E-state index contributed by atoms with van der Waals surface area (Å²) in [4.78, 5) is 10.6. The average Bonchev–Trinajstić information content (AvgIpc) is 3.27. The summed E-state index contributed by atoms with van der Waals surface area (Å²) in [5.41, 5.74) is 1.35. The van der Waals surface area contributed by atoms with Crippen LogP contribution >= 0.6 is 0 Å². The van der Waals surface area contributed by atoms with E-state index in [9.17, 15) is 0 Å². The molecule has 0 aromatic heterocycles. The van der Waals surface area contributed by atoms with Crippen LogP contribution in [0.1, 0.15) is 81.1 Å². The molecule has 0 unspecified atom stereocenters. The lowest BCUT2D eigenvalue weighted by atomic mass is 9.71. The Morgan fingerprint density at radius 2 is 0.667 bits per heavy atom. The van der Waals surface area contributed by atoms with Crippen molar-refractivity contribution < 1.29 is 0 Å². The fourth-order valence-corrected chi connectivity index (χ4v) is 6.17. The van der Waals surface area contributed by atoms with Gasteiger partial charge in [0.2, 0.25) is 0 Å². The number of hydrogen-bond acceptors (Lipinski definition) is 4. The first-order valence-corrected chi connectivity index (χ1v) is 13.0. The van der Waals surface area contributed by atoms with Crippen molar-refractivity contribution in [2.75, 3.05) is 52.4 Å². The minimum atomic E-state index is 0.647. The zero-order valence-corrected chi connectivity index (χ0v) is 21.6. The summed E-state index contributed by atoms with van der Waals surface area (Å²) in [7, 11) is 0. The van der Waals surface area contributed by atoms with Crippen molar-refractivity contribution in [2.24, 2.45) is 10.8 Å². The van der Waals surface area contributed by atoms with Gasteiger partial charge in [0.15, 0.2) is 0 Å². The lowest BCUT2D eigenvalue weighted by Crippen LogP contribution is -2.62. The first-order valence-electron chi connectivity index (χ1n) is 13.0. The van der Waals surface area contributed by atoms with Gasteiger partial charge in [0.1, 0.15) is 0 Å². The molecule has 4 rings (SSSR count). The third-order valence-electron chi connectivity index (χ3n) is 8.79. The van der Waals surface area contributed by atoms with Crippen molar-refractivity contribution in [2.45, 2.75) is 105 Å². The van der Waals surface area contributed by atoms with E-state index in [1.54, 1.807) is 0 Å². The monoisotopic (exact) mass is 420 g/mol. The molecule has 4 heteroatoms. The minimum Gasteiger partial charge on any atom is -0.301 e. The maximum absolute atomic E-state index is 2.66. The zero-order chi connectivity index (χ0) is 22.1. The molecule has 0 aliphatic carbocycles. The van der Waals surface area contributed by atoms with E-state index in [-0.39, 0.29) is 0 Å². The van der Waals surface area contributed by atoms with E-state index in [1.807, 2.05) is 0 Å². The third kappa shape index (κ3) is 5.60. The Morgan fingerprint density at radius 3 is 0.933 bits per heavy atom. The van der Waals surface area contributed by atoms with Crippen LogP contribution < -0.4 is 0 Å². The van der Waals surface area contributed by atoms with E-state index >= 15 is 0 Å². The average molecular weight is 421 g/mol. The van der Waals surface area contributed by atoms with Crippen molar-refractivity contribution in [1.82, 2.24) is 19.6 Å². The molecule has 0 bridgehead atoms. The number of nitrogens with zero attached hydrogens (tertiary/aromatic N) is 4. The molecule has 0 radical (unpaired) electrons. The predicted molar refractivity (Wildman–Crippen MR) is 130 cm³/mol. The highest BCUT2D eigenvalue weighted by Gasteiger charge is 2.46. The Kier molecular flexibility index (Phi) is 7.97. The molecule has 176 valence electrons. The number of likely N-dealkylation sites (tertiary alicyclic amines) is 4. The second kappa shape index (κ2) is 9.77. The molecule has 4 aliphatic rings. The van der Waals surface area contributed by atoms with Crippen LogP contribution in [-0.4, -0.2) is 96.1 Å². The van der Waals surface area contributed by atoms with E-state index < -0.39 is 0 Å². The van der Waals surface area contributed by atoms with Crippen LogP contribution in [0.5, 0.6) is 0 Å². The zero-order valence-electron chi connectivity index (χ0n) is 21.6. The van der Waals surface area contributed by atoms with Crippen LogP contribution in [0.3, 0.4) is 0 Å². The van der Waals surface area contributed by atoms with Crippen LogP contribution in [-0.2, 0) is 0 Å². The lowest BCUT2D eigenvalue weighted by molar-refractivity contribution is -0.0662. The summed E-state index contributed by atoms with van der Waals surface area (Å²) >= 11 is 0. The topological polar surface area (TPSA) is 13.0 Å². The summed E-state index contributed by atoms with van der Waals surface area (Å²) < 4.78 is 0. The fraction of sp³-hybridized carbons (Fsp3) is 1.00. The Balaban J connectivity index is 0.000000171. The molecule has 4 saturated heterocycles. The third-order valence-corrected chi connectivity index (χ3v) is 8.79. The Hall–Kier alpha value is -0.160. The van der Waals surface area contributed by atoms with E-state index in [0.29, 0.717) is 10.8 Å². The fourth-order valence-electron chi connectivity index (χ4n) is 6.17. The highest BCUT2D eigenvalue weighted by molar-refractivity contribution is 5.00. The van der Waals surface area contributed by atoms with Crippen molar-refractivity contribution in [1.29, 1.82) is 0 Å². The Labute approximate surface area is 188 Å². The number of piperidine rings is 1. The highest BCUT2D eigenvalue weighted by Crippen LogP contribution is 2.42. The van der Waals surface area contributed by atoms with Gasteiger partial charge in [-0.2, -0.15) is 0 Å². The normalized spacial score (nSPS) is 27.6. The van der Waals surface area contributed by atoms with Crippen LogP contribution in [0.2, 0.25) is 0 Å². The lowest BCUT2D eigenvalue weighted by Gasteiger charge is -2.56. The van der Waals surface area contributed by atoms with Crippen molar-refractivity contribution in [3.63, 3.8) is 0 Å². The molecule has 0 aromatic rings. The summed E-state index contributed by atoms with van der Waals surface area (Å²) in [6, 6.07) is 2.96. The van der Waals surface area contributed by atoms with E-state index in [0.717, 1.165) is 24.2 Å². The molecule has 0 saturated carbocycles.